The molecule has 0 bridgehead atoms. The molecule has 0 amide bonds. The van der Waals surface area contributed by atoms with Crippen LogP contribution in [0.5, 0.6) is 0 Å². The number of carbonyl (C=O) groups is 1. The van der Waals surface area contributed by atoms with E-state index in [2.05, 4.69) is 62.3 Å². The van der Waals surface area contributed by atoms with Gasteiger partial charge in [0.15, 0.2) is 8.32 Å². The number of ether oxygens (including phenoxy) is 1. The highest BCUT2D eigenvalue weighted by Crippen LogP contribution is 2.39. The van der Waals surface area contributed by atoms with Crippen LogP contribution in [-0.4, -0.2) is 27.5 Å². The number of carbonyl (C=O) groups excluding carboxylic acids is 1. The van der Waals surface area contributed by atoms with E-state index < -0.39 is 8.32 Å². The quantitative estimate of drug-likeness (QED) is 0.389. The van der Waals surface area contributed by atoms with Crippen molar-refractivity contribution in [3.8, 4) is 23.7 Å². The largest absolute Gasteiger partial charge is 0.465 e. The molecule has 150 valence electrons. The van der Waals surface area contributed by atoms with Crippen LogP contribution >= 0.6 is 0 Å². The van der Waals surface area contributed by atoms with Crippen molar-refractivity contribution in [3.63, 3.8) is 0 Å². The molecule has 0 aliphatic heterocycles. The Morgan fingerprint density at radius 1 is 1.04 bits per heavy atom. The first-order valence-corrected chi connectivity index (χ1v) is 12.9. The Morgan fingerprint density at radius 2 is 1.64 bits per heavy atom. The minimum Gasteiger partial charge on any atom is -0.465 e. The maximum absolute atomic E-state index is 11.4. The van der Waals surface area contributed by atoms with Crippen molar-refractivity contribution in [2.75, 3.05) is 7.11 Å². The average Bonchev–Trinajstić information content (AvgIpc) is 2.65. The predicted molar refractivity (Wildman–Crippen MR) is 116 cm³/mol. The van der Waals surface area contributed by atoms with Crippen molar-refractivity contribution < 1.29 is 14.0 Å². The molecule has 1 aliphatic carbocycles. The lowest BCUT2D eigenvalue weighted by Gasteiger charge is -2.40. The number of rotatable bonds is 3. The van der Waals surface area contributed by atoms with Gasteiger partial charge in [-0.3, -0.25) is 0 Å². The third kappa shape index (κ3) is 6.26. The van der Waals surface area contributed by atoms with Crippen LogP contribution in [-0.2, 0) is 9.16 Å². The zero-order chi connectivity index (χ0) is 20.8. The summed E-state index contributed by atoms with van der Waals surface area (Å²) < 4.78 is 11.2. The highest BCUT2D eigenvalue weighted by molar-refractivity contribution is 6.74. The highest BCUT2D eigenvalue weighted by atomic mass is 28.4. The van der Waals surface area contributed by atoms with Crippen LogP contribution in [0.2, 0.25) is 18.1 Å². The zero-order valence-corrected chi connectivity index (χ0v) is 19.0. The van der Waals surface area contributed by atoms with Crippen LogP contribution in [0, 0.1) is 29.6 Å². The van der Waals surface area contributed by atoms with Gasteiger partial charge in [0.1, 0.15) is 0 Å². The first kappa shape index (κ1) is 22.3. The second kappa shape index (κ2) is 9.46. The van der Waals surface area contributed by atoms with E-state index in [0.29, 0.717) is 17.6 Å². The molecule has 0 radical (unpaired) electrons. The van der Waals surface area contributed by atoms with E-state index in [1.54, 1.807) is 12.1 Å². The van der Waals surface area contributed by atoms with Gasteiger partial charge in [0.2, 0.25) is 0 Å². The molecule has 2 rings (SSSR count). The van der Waals surface area contributed by atoms with E-state index in [1.165, 1.54) is 7.11 Å². The Kier molecular flexibility index (Phi) is 7.53. The molecule has 0 spiro atoms. The van der Waals surface area contributed by atoms with Gasteiger partial charge in [-0.25, -0.2) is 4.79 Å². The van der Waals surface area contributed by atoms with Crippen LogP contribution < -0.4 is 0 Å². The summed E-state index contributed by atoms with van der Waals surface area (Å²) in [6.45, 7) is 11.5. The Hall–Kier alpha value is -2.01. The van der Waals surface area contributed by atoms with Crippen LogP contribution in [0.25, 0.3) is 0 Å². The minimum atomic E-state index is -1.68. The molecule has 0 N–H and O–H groups in total. The molecule has 28 heavy (non-hydrogen) atoms. The Morgan fingerprint density at radius 3 is 2.18 bits per heavy atom. The summed E-state index contributed by atoms with van der Waals surface area (Å²) >= 11 is 0. The van der Waals surface area contributed by atoms with Crippen LogP contribution in [0.3, 0.4) is 0 Å². The van der Waals surface area contributed by atoms with E-state index in [0.717, 1.165) is 31.2 Å². The van der Waals surface area contributed by atoms with Crippen LogP contribution in [0.1, 0.15) is 62.4 Å². The third-order valence-electron chi connectivity index (χ3n) is 5.79. The van der Waals surface area contributed by atoms with Gasteiger partial charge in [0.25, 0.3) is 0 Å². The van der Waals surface area contributed by atoms with E-state index in [1.807, 2.05) is 12.1 Å². The van der Waals surface area contributed by atoms with E-state index >= 15 is 0 Å². The van der Waals surface area contributed by atoms with Crippen molar-refractivity contribution in [3.05, 3.63) is 35.4 Å². The van der Waals surface area contributed by atoms with Crippen molar-refractivity contribution in [1.82, 2.24) is 0 Å². The lowest BCUT2D eigenvalue weighted by atomic mass is 9.88. The second-order valence-electron chi connectivity index (χ2n) is 8.94. The van der Waals surface area contributed by atoms with Crippen molar-refractivity contribution in [2.45, 2.75) is 70.7 Å². The van der Waals surface area contributed by atoms with E-state index in [9.17, 15) is 4.79 Å². The van der Waals surface area contributed by atoms with Crippen LogP contribution in [0.4, 0.5) is 0 Å². The number of benzene rings is 1. The fourth-order valence-electron chi connectivity index (χ4n) is 2.97. The third-order valence-corrected chi connectivity index (χ3v) is 10.3. The van der Waals surface area contributed by atoms with E-state index in [4.69, 9.17) is 4.43 Å². The minimum absolute atomic E-state index is 0.258. The molecule has 0 heterocycles. The van der Waals surface area contributed by atoms with Gasteiger partial charge in [0, 0.05) is 17.6 Å². The molecule has 1 aliphatic rings. The molecule has 0 saturated heterocycles. The molecule has 0 aromatic heterocycles. The lowest BCUT2D eigenvalue weighted by molar-refractivity contribution is 0.0600. The number of methoxy groups -OCH3 is 1. The normalized spacial score (nSPS) is 19.6. The van der Waals surface area contributed by atoms with Gasteiger partial charge >= 0.3 is 5.97 Å². The smallest absolute Gasteiger partial charge is 0.337 e. The summed E-state index contributed by atoms with van der Waals surface area (Å²) in [7, 11) is -0.310. The summed E-state index contributed by atoms with van der Waals surface area (Å²) in [6, 6.07) is 7.05. The molecule has 0 atom stereocenters. The van der Waals surface area contributed by atoms with Crippen molar-refractivity contribution in [1.29, 1.82) is 0 Å². The Bertz CT molecular complexity index is 787. The van der Waals surface area contributed by atoms with Crippen LogP contribution in [0.15, 0.2) is 24.3 Å². The second-order valence-corrected chi connectivity index (χ2v) is 13.7. The molecule has 1 aromatic carbocycles. The summed E-state index contributed by atoms with van der Waals surface area (Å²) in [5, 5.41) is 0.258. The predicted octanol–water partition coefficient (Wildman–Crippen LogP) is 5.41. The molecule has 4 heteroatoms. The Labute approximate surface area is 171 Å². The van der Waals surface area contributed by atoms with Gasteiger partial charge in [0.05, 0.1) is 12.7 Å². The van der Waals surface area contributed by atoms with Gasteiger partial charge in [-0.1, -0.05) is 32.6 Å². The molecule has 1 fully saturated rings. The summed E-state index contributed by atoms with van der Waals surface area (Å²) in [5.41, 5.74) is 1.37. The van der Waals surface area contributed by atoms with Crippen molar-refractivity contribution >= 4 is 14.3 Å². The molecular formula is C24H32O3Si. The molecular weight excluding hydrogens is 364 g/mol. The van der Waals surface area contributed by atoms with Gasteiger partial charge < -0.3 is 9.16 Å². The fraction of sp³-hybridized carbons (Fsp3) is 0.542. The van der Waals surface area contributed by atoms with Crippen molar-refractivity contribution in [2.24, 2.45) is 5.92 Å². The molecule has 3 nitrogen and oxygen atoms in total. The highest BCUT2D eigenvalue weighted by Gasteiger charge is 2.39. The fourth-order valence-corrected chi connectivity index (χ4v) is 4.39. The summed E-state index contributed by atoms with van der Waals surface area (Å²) in [6.07, 6.45) is 4.74. The number of hydrogen-bond donors (Lipinski definition) is 0. The van der Waals surface area contributed by atoms with Gasteiger partial charge in [-0.2, -0.15) is 0 Å². The molecule has 0 unspecified atom stereocenters. The van der Waals surface area contributed by atoms with Gasteiger partial charge in [-0.05, 0) is 79.9 Å². The lowest BCUT2D eigenvalue weighted by Crippen LogP contribution is -2.44. The van der Waals surface area contributed by atoms with Gasteiger partial charge in [-0.15, -0.1) is 0 Å². The summed E-state index contributed by atoms with van der Waals surface area (Å²) in [4.78, 5) is 11.4. The first-order chi connectivity index (χ1) is 13.1. The molecule has 1 aromatic rings. The Balaban J connectivity index is 1.84. The standard InChI is InChI=1S/C24H32O3Si/c1-24(2,3)28(5,6)27-22-17-13-20(14-18-22)10-8-7-9-19-11-15-21(16-12-19)23(25)26-4/h11-12,15-16,20,22H,13-14,17-18H2,1-6H3/t20-,22+. The average molecular weight is 397 g/mol. The number of hydrogen-bond acceptors (Lipinski definition) is 3. The monoisotopic (exact) mass is 396 g/mol. The number of esters is 1. The topological polar surface area (TPSA) is 35.5 Å². The summed E-state index contributed by atoms with van der Waals surface area (Å²) in [5.74, 6) is 12.3. The maximum atomic E-state index is 11.4. The first-order valence-electron chi connectivity index (χ1n) is 10.00. The SMILES string of the molecule is COC(=O)c1ccc(C#CC#C[C@H]2CC[C@@H](O[Si](C)(C)C(C)(C)C)CC2)cc1. The maximum Gasteiger partial charge on any atom is 0.337 e. The van der Waals surface area contributed by atoms with E-state index in [-0.39, 0.29) is 11.0 Å². The molecule has 1 saturated carbocycles. The zero-order valence-electron chi connectivity index (χ0n) is 18.0.